The Bertz CT molecular complexity index is 315. The molecule has 1 heteroatoms. The average molecular weight is 173 g/mol. The summed E-state index contributed by atoms with van der Waals surface area (Å²) >= 11 is 0. The number of rotatable bonds is 1. The smallest absolute Gasteiger partial charge is 0.0360 e. The minimum absolute atomic E-state index is 0.520. The van der Waals surface area contributed by atoms with Gasteiger partial charge in [0, 0.05) is 12.6 Å². The van der Waals surface area contributed by atoms with Crippen molar-refractivity contribution in [2.75, 3.05) is 6.54 Å². The molecule has 0 fully saturated rings. The van der Waals surface area contributed by atoms with Gasteiger partial charge in [-0.05, 0) is 24.5 Å². The standard InChI is InChI=1S/C12H15N/c1-10-6-2-3-7-11(10)12-8-4-5-9-13-12/h2-7,12-13H,8-9H2,1H3. The molecule has 0 saturated heterocycles. The third-order valence-corrected chi connectivity index (χ3v) is 2.58. The molecule has 0 amide bonds. The summed E-state index contributed by atoms with van der Waals surface area (Å²) in [6.45, 7) is 3.17. The van der Waals surface area contributed by atoms with Crippen molar-refractivity contribution in [1.82, 2.24) is 5.32 Å². The molecule has 0 radical (unpaired) electrons. The first-order chi connectivity index (χ1) is 6.38. The summed E-state index contributed by atoms with van der Waals surface area (Å²) in [6.07, 6.45) is 5.56. The fourth-order valence-corrected chi connectivity index (χ4v) is 1.82. The molecular formula is C12H15N. The number of aryl methyl sites for hydroxylation is 1. The summed E-state index contributed by atoms with van der Waals surface area (Å²) in [5.74, 6) is 0. The molecule has 1 aromatic carbocycles. The van der Waals surface area contributed by atoms with E-state index in [1.54, 1.807) is 0 Å². The van der Waals surface area contributed by atoms with Gasteiger partial charge >= 0.3 is 0 Å². The maximum Gasteiger partial charge on any atom is 0.0360 e. The van der Waals surface area contributed by atoms with Crippen LogP contribution < -0.4 is 5.32 Å². The van der Waals surface area contributed by atoms with Crippen molar-refractivity contribution in [3.63, 3.8) is 0 Å². The zero-order chi connectivity index (χ0) is 9.10. The molecule has 1 aliphatic heterocycles. The molecule has 0 saturated carbocycles. The molecule has 0 bridgehead atoms. The summed E-state index contributed by atoms with van der Waals surface area (Å²) in [5, 5.41) is 3.49. The molecule has 0 aliphatic carbocycles. The van der Waals surface area contributed by atoms with Gasteiger partial charge in [-0.2, -0.15) is 0 Å². The molecular weight excluding hydrogens is 158 g/mol. The van der Waals surface area contributed by atoms with Gasteiger partial charge in [0.1, 0.15) is 0 Å². The molecule has 1 heterocycles. The van der Waals surface area contributed by atoms with Gasteiger partial charge in [-0.3, -0.25) is 0 Å². The Morgan fingerprint density at radius 2 is 2.08 bits per heavy atom. The third kappa shape index (κ3) is 1.81. The van der Waals surface area contributed by atoms with Crippen LogP contribution in [0.1, 0.15) is 23.6 Å². The second kappa shape index (κ2) is 3.75. The second-order valence-electron chi connectivity index (χ2n) is 3.52. The first-order valence-electron chi connectivity index (χ1n) is 4.82. The number of hydrogen-bond acceptors (Lipinski definition) is 1. The minimum atomic E-state index is 0.520. The van der Waals surface area contributed by atoms with Crippen LogP contribution in [0.25, 0.3) is 0 Å². The van der Waals surface area contributed by atoms with Crippen LogP contribution in [0.3, 0.4) is 0 Å². The molecule has 13 heavy (non-hydrogen) atoms. The van der Waals surface area contributed by atoms with Crippen LogP contribution in [-0.4, -0.2) is 6.54 Å². The maximum absolute atomic E-state index is 3.49. The minimum Gasteiger partial charge on any atom is -0.306 e. The highest BCUT2D eigenvalue weighted by atomic mass is 14.9. The first kappa shape index (κ1) is 8.52. The molecule has 1 atom stereocenters. The summed E-state index contributed by atoms with van der Waals surface area (Å²) in [7, 11) is 0. The maximum atomic E-state index is 3.49. The van der Waals surface area contributed by atoms with Gasteiger partial charge in [0.05, 0.1) is 0 Å². The van der Waals surface area contributed by atoms with Gasteiger partial charge in [0.15, 0.2) is 0 Å². The molecule has 0 spiro atoms. The van der Waals surface area contributed by atoms with Crippen LogP contribution in [0.2, 0.25) is 0 Å². The van der Waals surface area contributed by atoms with E-state index in [0.29, 0.717) is 6.04 Å². The Hall–Kier alpha value is -1.08. The number of hydrogen-bond donors (Lipinski definition) is 1. The van der Waals surface area contributed by atoms with Crippen molar-refractivity contribution in [1.29, 1.82) is 0 Å². The van der Waals surface area contributed by atoms with E-state index in [0.717, 1.165) is 13.0 Å². The van der Waals surface area contributed by atoms with Crippen LogP contribution in [0.15, 0.2) is 36.4 Å². The Morgan fingerprint density at radius 1 is 1.23 bits per heavy atom. The van der Waals surface area contributed by atoms with E-state index < -0.39 is 0 Å². The lowest BCUT2D eigenvalue weighted by Gasteiger charge is -2.21. The highest BCUT2D eigenvalue weighted by Gasteiger charge is 2.12. The van der Waals surface area contributed by atoms with Gasteiger partial charge in [0.2, 0.25) is 0 Å². The molecule has 68 valence electrons. The quantitative estimate of drug-likeness (QED) is 0.644. The lowest BCUT2D eigenvalue weighted by molar-refractivity contribution is 0.552. The zero-order valence-electron chi connectivity index (χ0n) is 7.96. The molecule has 0 aromatic heterocycles. The largest absolute Gasteiger partial charge is 0.306 e. The Labute approximate surface area is 79.5 Å². The molecule has 1 aliphatic rings. The summed E-state index contributed by atoms with van der Waals surface area (Å²) in [6, 6.07) is 9.12. The van der Waals surface area contributed by atoms with Crippen molar-refractivity contribution in [2.45, 2.75) is 19.4 Å². The predicted octanol–water partition coefficient (Wildman–Crippen LogP) is 2.59. The topological polar surface area (TPSA) is 12.0 Å². The fourth-order valence-electron chi connectivity index (χ4n) is 1.82. The van der Waals surface area contributed by atoms with Gasteiger partial charge in [-0.15, -0.1) is 0 Å². The summed E-state index contributed by atoms with van der Waals surface area (Å²) < 4.78 is 0. The average Bonchev–Trinajstić information content (AvgIpc) is 2.20. The Morgan fingerprint density at radius 3 is 2.77 bits per heavy atom. The SMILES string of the molecule is Cc1ccccc1C1CC=CCN1. The molecule has 1 aromatic rings. The summed E-state index contributed by atoms with van der Waals surface area (Å²) in [5.41, 5.74) is 2.82. The highest BCUT2D eigenvalue weighted by Crippen LogP contribution is 2.22. The van der Waals surface area contributed by atoms with Crippen LogP contribution >= 0.6 is 0 Å². The Balaban J connectivity index is 2.24. The second-order valence-corrected chi connectivity index (χ2v) is 3.52. The van der Waals surface area contributed by atoms with Crippen LogP contribution in [0.4, 0.5) is 0 Å². The molecule has 1 N–H and O–H groups in total. The molecule has 1 nitrogen and oxygen atoms in total. The van der Waals surface area contributed by atoms with Crippen LogP contribution in [0, 0.1) is 6.92 Å². The van der Waals surface area contributed by atoms with Gasteiger partial charge in [-0.1, -0.05) is 36.4 Å². The monoisotopic (exact) mass is 173 g/mol. The van der Waals surface area contributed by atoms with Crippen molar-refractivity contribution < 1.29 is 0 Å². The van der Waals surface area contributed by atoms with E-state index >= 15 is 0 Å². The predicted molar refractivity (Wildman–Crippen MR) is 55.7 cm³/mol. The lowest BCUT2D eigenvalue weighted by Crippen LogP contribution is -2.24. The molecule has 1 unspecified atom stereocenters. The van der Waals surface area contributed by atoms with E-state index in [9.17, 15) is 0 Å². The highest BCUT2D eigenvalue weighted by molar-refractivity contribution is 5.29. The van der Waals surface area contributed by atoms with E-state index in [1.807, 2.05) is 0 Å². The van der Waals surface area contributed by atoms with E-state index in [2.05, 4.69) is 48.7 Å². The number of benzene rings is 1. The first-order valence-corrected chi connectivity index (χ1v) is 4.82. The van der Waals surface area contributed by atoms with Gasteiger partial charge in [-0.25, -0.2) is 0 Å². The van der Waals surface area contributed by atoms with E-state index in [1.165, 1.54) is 11.1 Å². The van der Waals surface area contributed by atoms with Crippen LogP contribution in [0.5, 0.6) is 0 Å². The molecule has 2 rings (SSSR count). The van der Waals surface area contributed by atoms with E-state index in [-0.39, 0.29) is 0 Å². The zero-order valence-corrected chi connectivity index (χ0v) is 7.96. The van der Waals surface area contributed by atoms with Gasteiger partial charge in [0.25, 0.3) is 0 Å². The van der Waals surface area contributed by atoms with Crippen molar-refractivity contribution in [3.8, 4) is 0 Å². The van der Waals surface area contributed by atoms with Crippen molar-refractivity contribution >= 4 is 0 Å². The summed E-state index contributed by atoms with van der Waals surface area (Å²) in [4.78, 5) is 0. The van der Waals surface area contributed by atoms with Crippen LogP contribution in [-0.2, 0) is 0 Å². The number of nitrogens with one attached hydrogen (secondary N) is 1. The third-order valence-electron chi connectivity index (χ3n) is 2.58. The fraction of sp³-hybridized carbons (Fsp3) is 0.333. The normalized spacial score (nSPS) is 21.8. The van der Waals surface area contributed by atoms with Crippen molar-refractivity contribution in [3.05, 3.63) is 47.5 Å². The Kier molecular flexibility index (Phi) is 2.46. The van der Waals surface area contributed by atoms with E-state index in [4.69, 9.17) is 0 Å². The lowest BCUT2D eigenvalue weighted by atomic mass is 9.97. The van der Waals surface area contributed by atoms with Crippen molar-refractivity contribution in [2.24, 2.45) is 0 Å². The van der Waals surface area contributed by atoms with Gasteiger partial charge < -0.3 is 5.32 Å².